The molecule has 0 bridgehead atoms. The van der Waals surface area contributed by atoms with Crippen molar-refractivity contribution in [2.45, 2.75) is 26.8 Å². The van der Waals surface area contributed by atoms with Crippen molar-refractivity contribution in [1.82, 2.24) is 4.90 Å². The predicted octanol–water partition coefficient (Wildman–Crippen LogP) is 3.45. The maximum Gasteiger partial charge on any atom is 0.128 e. The van der Waals surface area contributed by atoms with Crippen LogP contribution in [0.4, 0.5) is 4.39 Å². The van der Waals surface area contributed by atoms with Crippen molar-refractivity contribution in [3.05, 3.63) is 35.6 Å². The molecule has 0 aromatic heterocycles. The number of nitrogens with zero attached hydrogens (tertiary/aromatic N) is 1. The Labute approximate surface area is 96.6 Å². The van der Waals surface area contributed by atoms with E-state index in [1.807, 2.05) is 38.8 Å². The highest BCUT2D eigenvalue weighted by molar-refractivity contribution is 5.81. The Hall–Kier alpha value is -1.38. The van der Waals surface area contributed by atoms with Crippen LogP contribution in [0, 0.1) is 17.1 Å². The van der Waals surface area contributed by atoms with E-state index in [1.165, 1.54) is 6.07 Å². The molecule has 16 heavy (non-hydrogen) atoms. The number of hydrogen-bond acceptors (Lipinski definition) is 1. The van der Waals surface area contributed by atoms with Crippen LogP contribution >= 0.6 is 0 Å². The van der Waals surface area contributed by atoms with Gasteiger partial charge in [0, 0.05) is 18.5 Å². The molecule has 0 amide bonds. The summed E-state index contributed by atoms with van der Waals surface area (Å²) in [6.45, 7) is 5.84. The van der Waals surface area contributed by atoms with Gasteiger partial charge in [0.25, 0.3) is 0 Å². The summed E-state index contributed by atoms with van der Waals surface area (Å²) >= 11 is 0. The standard InChI is InChI=1S/C13H19FN2/c1-9(2)13(15)16(4)10(3)11-7-5-6-8-12(11)14/h5-10,15H,1-4H3. The smallest absolute Gasteiger partial charge is 0.128 e. The zero-order chi connectivity index (χ0) is 12.3. The van der Waals surface area contributed by atoms with Gasteiger partial charge in [-0.1, -0.05) is 32.0 Å². The van der Waals surface area contributed by atoms with Crippen molar-refractivity contribution in [2.24, 2.45) is 5.92 Å². The maximum absolute atomic E-state index is 13.6. The first-order valence-electron chi connectivity index (χ1n) is 5.50. The molecule has 0 saturated heterocycles. The van der Waals surface area contributed by atoms with E-state index in [9.17, 15) is 4.39 Å². The maximum atomic E-state index is 13.6. The number of rotatable bonds is 3. The average molecular weight is 222 g/mol. The number of halogens is 1. The molecule has 0 saturated carbocycles. The van der Waals surface area contributed by atoms with Crippen LogP contribution in [0.2, 0.25) is 0 Å². The Morgan fingerprint density at radius 1 is 1.25 bits per heavy atom. The summed E-state index contributed by atoms with van der Waals surface area (Å²) in [6, 6.07) is 6.61. The molecule has 0 aliphatic rings. The van der Waals surface area contributed by atoms with E-state index in [4.69, 9.17) is 5.41 Å². The summed E-state index contributed by atoms with van der Waals surface area (Å²) in [5.41, 5.74) is 0.635. The lowest BCUT2D eigenvalue weighted by Gasteiger charge is -2.29. The van der Waals surface area contributed by atoms with Crippen molar-refractivity contribution in [3.8, 4) is 0 Å². The van der Waals surface area contributed by atoms with Crippen LogP contribution in [-0.2, 0) is 0 Å². The average Bonchev–Trinajstić information content (AvgIpc) is 2.26. The lowest BCUT2D eigenvalue weighted by molar-refractivity contribution is 0.370. The van der Waals surface area contributed by atoms with Crippen molar-refractivity contribution in [2.75, 3.05) is 7.05 Å². The van der Waals surface area contributed by atoms with Gasteiger partial charge in [-0.05, 0) is 13.0 Å². The zero-order valence-electron chi connectivity index (χ0n) is 10.3. The van der Waals surface area contributed by atoms with Gasteiger partial charge in [0.1, 0.15) is 5.82 Å². The Morgan fingerprint density at radius 2 is 1.81 bits per heavy atom. The number of hydrogen-bond donors (Lipinski definition) is 1. The Morgan fingerprint density at radius 3 is 2.31 bits per heavy atom. The number of amidine groups is 1. The summed E-state index contributed by atoms with van der Waals surface area (Å²) in [5.74, 6) is 0.466. The second-order valence-corrected chi connectivity index (χ2v) is 4.35. The minimum Gasteiger partial charge on any atom is -0.357 e. The molecule has 1 unspecified atom stereocenters. The van der Waals surface area contributed by atoms with Crippen molar-refractivity contribution >= 4 is 5.84 Å². The highest BCUT2D eigenvalue weighted by Gasteiger charge is 2.18. The molecule has 88 valence electrons. The molecule has 0 aliphatic heterocycles. The van der Waals surface area contributed by atoms with Crippen LogP contribution in [-0.4, -0.2) is 17.8 Å². The molecule has 3 heteroatoms. The second-order valence-electron chi connectivity index (χ2n) is 4.35. The van der Waals surface area contributed by atoms with Crippen molar-refractivity contribution < 1.29 is 4.39 Å². The molecule has 0 heterocycles. The highest BCUT2D eigenvalue weighted by Crippen LogP contribution is 2.22. The molecule has 1 N–H and O–H groups in total. The van der Waals surface area contributed by atoms with E-state index in [0.29, 0.717) is 11.4 Å². The summed E-state index contributed by atoms with van der Waals surface area (Å²) < 4.78 is 13.6. The topological polar surface area (TPSA) is 27.1 Å². The quantitative estimate of drug-likeness (QED) is 0.615. The van der Waals surface area contributed by atoms with Crippen molar-refractivity contribution in [3.63, 3.8) is 0 Å². The van der Waals surface area contributed by atoms with Gasteiger partial charge in [-0.2, -0.15) is 0 Å². The fourth-order valence-electron chi connectivity index (χ4n) is 1.64. The van der Waals surface area contributed by atoms with E-state index >= 15 is 0 Å². The fraction of sp³-hybridized carbons (Fsp3) is 0.462. The van der Waals surface area contributed by atoms with Crippen LogP contribution in [0.5, 0.6) is 0 Å². The molecule has 2 nitrogen and oxygen atoms in total. The van der Waals surface area contributed by atoms with Gasteiger partial charge in [0.2, 0.25) is 0 Å². The molecule has 0 radical (unpaired) electrons. The molecule has 1 aromatic rings. The van der Waals surface area contributed by atoms with Gasteiger partial charge < -0.3 is 4.90 Å². The minimum absolute atomic E-state index is 0.115. The minimum atomic E-state index is -0.210. The monoisotopic (exact) mass is 222 g/mol. The van der Waals surface area contributed by atoms with Crippen LogP contribution in [0.25, 0.3) is 0 Å². The Bertz CT molecular complexity index is 374. The number of nitrogens with one attached hydrogen (secondary N) is 1. The lowest BCUT2D eigenvalue weighted by atomic mass is 10.0. The third kappa shape index (κ3) is 2.60. The summed E-state index contributed by atoms with van der Waals surface area (Å²) in [5, 5.41) is 7.90. The van der Waals surface area contributed by atoms with E-state index in [-0.39, 0.29) is 17.8 Å². The van der Waals surface area contributed by atoms with Gasteiger partial charge in [0.05, 0.1) is 11.9 Å². The fourth-order valence-corrected chi connectivity index (χ4v) is 1.64. The van der Waals surface area contributed by atoms with Gasteiger partial charge in [-0.25, -0.2) is 4.39 Å². The molecule has 0 spiro atoms. The van der Waals surface area contributed by atoms with Gasteiger partial charge in [-0.15, -0.1) is 0 Å². The predicted molar refractivity (Wildman–Crippen MR) is 65.1 cm³/mol. The second kappa shape index (κ2) is 5.10. The summed E-state index contributed by atoms with van der Waals surface area (Å²) in [7, 11) is 1.83. The summed E-state index contributed by atoms with van der Waals surface area (Å²) in [4.78, 5) is 1.81. The first-order valence-corrected chi connectivity index (χ1v) is 5.50. The van der Waals surface area contributed by atoms with Crippen molar-refractivity contribution in [1.29, 1.82) is 5.41 Å². The summed E-state index contributed by atoms with van der Waals surface area (Å²) in [6.07, 6.45) is 0. The molecule has 0 aliphatic carbocycles. The van der Waals surface area contributed by atoms with E-state index in [1.54, 1.807) is 12.1 Å². The Kier molecular flexibility index (Phi) is 4.05. The van der Waals surface area contributed by atoms with Gasteiger partial charge >= 0.3 is 0 Å². The first-order chi connectivity index (χ1) is 7.45. The van der Waals surface area contributed by atoms with E-state index < -0.39 is 0 Å². The number of benzene rings is 1. The molecular formula is C13H19FN2. The van der Waals surface area contributed by atoms with E-state index in [0.717, 1.165) is 0 Å². The van der Waals surface area contributed by atoms with E-state index in [2.05, 4.69) is 0 Å². The highest BCUT2D eigenvalue weighted by atomic mass is 19.1. The van der Waals surface area contributed by atoms with Crippen LogP contribution < -0.4 is 0 Å². The normalized spacial score (nSPS) is 12.6. The van der Waals surface area contributed by atoms with Gasteiger partial charge in [0.15, 0.2) is 0 Å². The third-order valence-electron chi connectivity index (χ3n) is 2.86. The van der Waals surface area contributed by atoms with Crippen LogP contribution in [0.3, 0.4) is 0 Å². The molecular weight excluding hydrogens is 203 g/mol. The largest absolute Gasteiger partial charge is 0.357 e. The molecule has 1 atom stereocenters. The van der Waals surface area contributed by atoms with Crippen LogP contribution in [0.1, 0.15) is 32.4 Å². The Balaban J connectivity index is 2.90. The third-order valence-corrected chi connectivity index (χ3v) is 2.86. The molecule has 1 aromatic carbocycles. The van der Waals surface area contributed by atoms with Crippen LogP contribution in [0.15, 0.2) is 24.3 Å². The molecule has 1 rings (SSSR count). The SMILES string of the molecule is CC(C)C(=N)N(C)C(C)c1ccccc1F. The van der Waals surface area contributed by atoms with Gasteiger partial charge in [-0.3, -0.25) is 5.41 Å². The first kappa shape index (κ1) is 12.7. The zero-order valence-corrected chi connectivity index (χ0v) is 10.3. The lowest BCUT2D eigenvalue weighted by Crippen LogP contribution is -2.32. The molecule has 0 fully saturated rings.